The summed E-state index contributed by atoms with van der Waals surface area (Å²) in [6, 6.07) is 7.56. The van der Waals surface area contributed by atoms with Gasteiger partial charge in [0.1, 0.15) is 0 Å². The zero-order valence-electron chi connectivity index (χ0n) is 14.9. The Labute approximate surface area is 154 Å². The van der Waals surface area contributed by atoms with Crippen molar-refractivity contribution in [2.75, 3.05) is 32.7 Å². The maximum atomic E-state index is 13.0. The van der Waals surface area contributed by atoms with E-state index in [4.69, 9.17) is 11.6 Å². The van der Waals surface area contributed by atoms with Crippen LogP contribution < -0.4 is 0 Å². The molecule has 25 heavy (non-hydrogen) atoms. The van der Waals surface area contributed by atoms with Gasteiger partial charge in [-0.05, 0) is 37.2 Å². The normalized spacial score (nSPS) is 15.6. The first-order valence-electron chi connectivity index (χ1n) is 8.98. The summed E-state index contributed by atoms with van der Waals surface area (Å²) in [5.74, 6) is 0.0967. The first-order valence-corrected chi connectivity index (χ1v) is 9.36. The second-order valence-electron chi connectivity index (χ2n) is 6.37. The summed E-state index contributed by atoms with van der Waals surface area (Å²) in [6.45, 7) is 8.76. The number of benzene rings is 1. The molecule has 134 valence electrons. The highest BCUT2D eigenvalue weighted by atomic mass is 35.5. The Kier molecular flexibility index (Phi) is 5.76. The van der Waals surface area contributed by atoms with Gasteiger partial charge in [0.15, 0.2) is 0 Å². The van der Waals surface area contributed by atoms with E-state index in [0.29, 0.717) is 5.02 Å². The van der Waals surface area contributed by atoms with Gasteiger partial charge in [0.2, 0.25) is 0 Å². The zero-order chi connectivity index (χ0) is 17.8. The molecule has 1 fully saturated rings. The molecule has 3 rings (SSSR count). The van der Waals surface area contributed by atoms with Crippen molar-refractivity contribution in [3.05, 3.63) is 46.7 Å². The number of amides is 1. The molecule has 1 aromatic carbocycles. The third-order valence-corrected chi connectivity index (χ3v) is 5.02. The number of nitrogens with zero attached hydrogens (tertiary/aromatic N) is 4. The van der Waals surface area contributed by atoms with Crippen molar-refractivity contribution in [1.82, 2.24) is 19.6 Å². The molecule has 2 heterocycles. The largest absolute Gasteiger partial charge is 0.336 e. The first kappa shape index (κ1) is 18.0. The van der Waals surface area contributed by atoms with E-state index in [1.807, 2.05) is 33.8 Å². The number of rotatable bonds is 5. The molecule has 6 heteroatoms. The van der Waals surface area contributed by atoms with Gasteiger partial charge in [-0.3, -0.25) is 4.79 Å². The van der Waals surface area contributed by atoms with Crippen LogP contribution in [0.15, 0.2) is 30.5 Å². The van der Waals surface area contributed by atoms with E-state index in [1.165, 1.54) is 0 Å². The molecular weight excluding hydrogens is 336 g/mol. The van der Waals surface area contributed by atoms with Crippen molar-refractivity contribution in [1.29, 1.82) is 0 Å². The number of halogens is 1. The molecule has 0 aliphatic carbocycles. The summed E-state index contributed by atoms with van der Waals surface area (Å²) >= 11 is 5.99. The Morgan fingerprint density at radius 3 is 2.40 bits per heavy atom. The molecule has 1 aliphatic rings. The topological polar surface area (TPSA) is 41.4 Å². The fourth-order valence-electron chi connectivity index (χ4n) is 3.27. The molecule has 1 saturated heterocycles. The van der Waals surface area contributed by atoms with Crippen LogP contribution in [0, 0.1) is 0 Å². The molecule has 0 bridgehead atoms. The van der Waals surface area contributed by atoms with Crippen molar-refractivity contribution in [2.24, 2.45) is 0 Å². The van der Waals surface area contributed by atoms with Crippen LogP contribution in [-0.4, -0.2) is 58.2 Å². The molecule has 1 aliphatic heterocycles. The molecule has 0 radical (unpaired) electrons. The Morgan fingerprint density at radius 2 is 1.80 bits per heavy atom. The number of aromatic nitrogens is 2. The molecule has 2 aromatic rings. The lowest BCUT2D eigenvalue weighted by molar-refractivity contribution is 0.0642. The van der Waals surface area contributed by atoms with Crippen LogP contribution in [0.5, 0.6) is 0 Å². The fraction of sp³-hybridized carbons (Fsp3) is 0.474. The third-order valence-electron chi connectivity index (χ3n) is 4.76. The Morgan fingerprint density at radius 1 is 1.12 bits per heavy atom. The van der Waals surface area contributed by atoms with E-state index in [0.717, 1.165) is 62.5 Å². The van der Waals surface area contributed by atoms with E-state index in [9.17, 15) is 4.79 Å². The van der Waals surface area contributed by atoms with Gasteiger partial charge in [-0.15, -0.1) is 0 Å². The van der Waals surface area contributed by atoms with Gasteiger partial charge in [0.05, 0.1) is 23.1 Å². The lowest BCUT2D eigenvalue weighted by atomic mass is 10.1. The lowest BCUT2D eigenvalue weighted by Gasteiger charge is -2.34. The third kappa shape index (κ3) is 3.88. The average molecular weight is 361 g/mol. The van der Waals surface area contributed by atoms with Crippen LogP contribution in [0.2, 0.25) is 5.02 Å². The quantitative estimate of drug-likeness (QED) is 0.821. The molecular formula is C19H25ClN4O. The molecule has 1 amide bonds. The van der Waals surface area contributed by atoms with Gasteiger partial charge in [-0.2, -0.15) is 5.10 Å². The van der Waals surface area contributed by atoms with E-state index < -0.39 is 0 Å². The van der Waals surface area contributed by atoms with E-state index in [1.54, 1.807) is 6.20 Å². The lowest BCUT2D eigenvalue weighted by Crippen LogP contribution is -2.48. The van der Waals surface area contributed by atoms with Gasteiger partial charge in [-0.1, -0.05) is 31.9 Å². The van der Waals surface area contributed by atoms with Crippen LogP contribution in [-0.2, 0) is 6.42 Å². The summed E-state index contributed by atoms with van der Waals surface area (Å²) in [4.78, 5) is 17.3. The number of likely N-dealkylation sites (N-methyl/N-ethyl adjacent to an activating group) is 1. The number of hydrogen-bond acceptors (Lipinski definition) is 3. The number of piperazine rings is 1. The highest BCUT2D eigenvalue weighted by molar-refractivity contribution is 6.30. The number of carbonyl (C=O) groups is 1. The second kappa shape index (κ2) is 8.02. The molecule has 5 nitrogen and oxygen atoms in total. The standard InChI is InChI=1S/C19H25ClN4O/c1-3-5-18-17(19(25)23-12-10-22(4-2)11-13-23)14-21-24(18)16-8-6-15(20)7-9-16/h6-9,14H,3-5,10-13H2,1-2H3. The highest BCUT2D eigenvalue weighted by Gasteiger charge is 2.25. The van der Waals surface area contributed by atoms with Crippen molar-refractivity contribution >= 4 is 17.5 Å². The minimum Gasteiger partial charge on any atom is -0.336 e. The summed E-state index contributed by atoms with van der Waals surface area (Å²) in [6.07, 6.45) is 3.50. The van der Waals surface area contributed by atoms with Crippen molar-refractivity contribution in [3.8, 4) is 5.69 Å². The molecule has 0 spiro atoms. The molecule has 0 unspecified atom stereocenters. The Hall–Kier alpha value is -1.85. The summed E-state index contributed by atoms with van der Waals surface area (Å²) in [5, 5.41) is 5.19. The maximum Gasteiger partial charge on any atom is 0.257 e. The van der Waals surface area contributed by atoms with Crippen LogP contribution in [0.25, 0.3) is 5.69 Å². The van der Waals surface area contributed by atoms with Gasteiger partial charge in [0, 0.05) is 31.2 Å². The predicted octanol–water partition coefficient (Wildman–Crippen LogP) is 3.26. The fourth-order valence-corrected chi connectivity index (χ4v) is 3.40. The molecule has 0 saturated carbocycles. The van der Waals surface area contributed by atoms with Crippen LogP contribution in [0.1, 0.15) is 36.3 Å². The van der Waals surface area contributed by atoms with Gasteiger partial charge >= 0.3 is 0 Å². The van der Waals surface area contributed by atoms with Crippen molar-refractivity contribution < 1.29 is 4.79 Å². The van der Waals surface area contributed by atoms with E-state index >= 15 is 0 Å². The minimum absolute atomic E-state index is 0.0967. The van der Waals surface area contributed by atoms with Crippen LogP contribution in [0.4, 0.5) is 0 Å². The first-order chi connectivity index (χ1) is 12.1. The smallest absolute Gasteiger partial charge is 0.257 e. The summed E-state index contributed by atoms with van der Waals surface area (Å²) < 4.78 is 1.87. The minimum atomic E-state index is 0.0967. The van der Waals surface area contributed by atoms with E-state index in [2.05, 4.69) is 23.8 Å². The molecule has 1 aromatic heterocycles. The van der Waals surface area contributed by atoms with Crippen LogP contribution in [0.3, 0.4) is 0 Å². The van der Waals surface area contributed by atoms with E-state index in [-0.39, 0.29) is 5.91 Å². The Balaban J connectivity index is 1.86. The molecule has 0 atom stereocenters. The van der Waals surface area contributed by atoms with Crippen molar-refractivity contribution in [2.45, 2.75) is 26.7 Å². The van der Waals surface area contributed by atoms with Crippen LogP contribution >= 0.6 is 11.6 Å². The number of hydrogen-bond donors (Lipinski definition) is 0. The molecule has 0 N–H and O–H groups in total. The van der Waals surface area contributed by atoms with Gasteiger partial charge in [-0.25, -0.2) is 4.68 Å². The number of carbonyl (C=O) groups excluding carboxylic acids is 1. The second-order valence-corrected chi connectivity index (χ2v) is 6.81. The monoisotopic (exact) mass is 360 g/mol. The van der Waals surface area contributed by atoms with Gasteiger partial charge < -0.3 is 9.80 Å². The summed E-state index contributed by atoms with van der Waals surface area (Å²) in [7, 11) is 0. The average Bonchev–Trinajstić information content (AvgIpc) is 3.06. The SMILES string of the molecule is CCCc1c(C(=O)N2CCN(CC)CC2)cnn1-c1ccc(Cl)cc1. The zero-order valence-corrected chi connectivity index (χ0v) is 15.7. The van der Waals surface area contributed by atoms with Gasteiger partial charge in [0.25, 0.3) is 5.91 Å². The Bertz CT molecular complexity index is 718. The van der Waals surface area contributed by atoms with Crippen molar-refractivity contribution in [3.63, 3.8) is 0 Å². The highest BCUT2D eigenvalue weighted by Crippen LogP contribution is 2.20. The predicted molar refractivity (Wildman–Crippen MR) is 101 cm³/mol. The summed E-state index contributed by atoms with van der Waals surface area (Å²) in [5.41, 5.74) is 2.64. The maximum absolute atomic E-state index is 13.0.